The Morgan fingerprint density at radius 3 is 2.24 bits per heavy atom. The first kappa shape index (κ1) is 16.4. The van der Waals surface area contributed by atoms with E-state index in [0.29, 0.717) is 19.6 Å². The average molecular weight is 332 g/mol. The van der Waals surface area contributed by atoms with E-state index in [4.69, 9.17) is 5.73 Å². The van der Waals surface area contributed by atoms with Gasteiger partial charge >= 0.3 is 0 Å². The predicted molar refractivity (Wildman–Crippen MR) is 80.1 cm³/mol. The first-order chi connectivity index (χ1) is 9.75. The normalized spacial score (nSPS) is 21.3. The molecule has 0 radical (unpaired) electrons. The van der Waals surface area contributed by atoms with E-state index in [0.717, 1.165) is 19.1 Å². The molecule has 1 unspecified atom stereocenters. The van der Waals surface area contributed by atoms with Gasteiger partial charge in [-0.3, -0.25) is 0 Å². The van der Waals surface area contributed by atoms with E-state index < -0.39 is 19.9 Å². The molecule has 0 spiro atoms. The predicted octanol–water partition coefficient (Wildman–Crippen LogP) is 0.450. The van der Waals surface area contributed by atoms with Crippen molar-refractivity contribution in [3.05, 3.63) is 24.3 Å². The fraction of sp³-hybridized carbons (Fsp3) is 0.538. The zero-order valence-electron chi connectivity index (χ0n) is 11.9. The van der Waals surface area contributed by atoms with Gasteiger partial charge in [0, 0.05) is 19.3 Å². The summed E-state index contributed by atoms with van der Waals surface area (Å²) in [5.74, 6) is 0.184. The molecule has 1 saturated heterocycles. The van der Waals surface area contributed by atoms with Crippen molar-refractivity contribution in [2.45, 2.75) is 22.6 Å². The van der Waals surface area contributed by atoms with Gasteiger partial charge in [0.25, 0.3) is 0 Å². The van der Waals surface area contributed by atoms with Crippen LogP contribution >= 0.6 is 0 Å². The molecule has 1 atom stereocenters. The third-order valence-corrected chi connectivity index (χ3v) is 6.71. The van der Waals surface area contributed by atoms with Gasteiger partial charge in [0.1, 0.15) is 0 Å². The van der Waals surface area contributed by atoms with Crippen molar-refractivity contribution in [2.24, 2.45) is 11.7 Å². The number of piperidine rings is 1. The molecule has 0 aliphatic carbocycles. The van der Waals surface area contributed by atoms with Crippen LogP contribution in [0.2, 0.25) is 0 Å². The summed E-state index contributed by atoms with van der Waals surface area (Å²) < 4.78 is 49.3. The largest absolute Gasteiger partial charge is 0.330 e. The van der Waals surface area contributed by atoms with Gasteiger partial charge in [0.05, 0.1) is 9.79 Å². The lowest BCUT2D eigenvalue weighted by atomic mass is 10.0. The standard InChI is InChI=1S/C13H20N2O4S2/c1-20(16,17)12-4-6-13(7-5-12)21(18,19)15-8-2-3-11(9-14)10-15/h4-7,11H,2-3,8-10,14H2,1H3. The van der Waals surface area contributed by atoms with Crippen LogP contribution in [-0.2, 0) is 19.9 Å². The van der Waals surface area contributed by atoms with Gasteiger partial charge in [0.15, 0.2) is 9.84 Å². The molecule has 21 heavy (non-hydrogen) atoms. The number of rotatable bonds is 4. The van der Waals surface area contributed by atoms with Crippen molar-refractivity contribution in [2.75, 3.05) is 25.9 Å². The molecule has 1 aliphatic rings. The van der Waals surface area contributed by atoms with Crippen molar-refractivity contribution in [1.82, 2.24) is 4.31 Å². The van der Waals surface area contributed by atoms with Crippen molar-refractivity contribution < 1.29 is 16.8 Å². The Kier molecular flexibility index (Phi) is 4.72. The van der Waals surface area contributed by atoms with Crippen molar-refractivity contribution >= 4 is 19.9 Å². The molecular formula is C13H20N2O4S2. The molecule has 2 N–H and O–H groups in total. The Morgan fingerprint density at radius 1 is 1.14 bits per heavy atom. The highest BCUT2D eigenvalue weighted by molar-refractivity contribution is 7.90. The highest BCUT2D eigenvalue weighted by Crippen LogP contribution is 2.24. The highest BCUT2D eigenvalue weighted by atomic mass is 32.2. The maximum atomic E-state index is 12.5. The average Bonchev–Trinajstić information content (AvgIpc) is 2.46. The molecule has 0 saturated carbocycles. The maximum absolute atomic E-state index is 12.5. The van der Waals surface area contributed by atoms with Crippen LogP contribution < -0.4 is 5.73 Å². The topological polar surface area (TPSA) is 97.5 Å². The summed E-state index contributed by atoms with van der Waals surface area (Å²) in [5.41, 5.74) is 5.63. The Balaban J connectivity index is 2.27. The first-order valence-corrected chi connectivity index (χ1v) is 10.1. The second kappa shape index (κ2) is 6.04. The second-order valence-corrected chi connectivity index (χ2v) is 9.30. The number of nitrogens with zero attached hydrogens (tertiary/aromatic N) is 1. The Hall–Kier alpha value is -0.960. The molecule has 6 nitrogen and oxygen atoms in total. The lowest BCUT2D eigenvalue weighted by Crippen LogP contribution is -2.41. The van der Waals surface area contributed by atoms with E-state index in [9.17, 15) is 16.8 Å². The van der Waals surface area contributed by atoms with Crippen LogP contribution in [0.15, 0.2) is 34.1 Å². The number of sulfone groups is 1. The van der Waals surface area contributed by atoms with Gasteiger partial charge in [0.2, 0.25) is 10.0 Å². The van der Waals surface area contributed by atoms with Gasteiger partial charge < -0.3 is 5.73 Å². The molecule has 1 aromatic carbocycles. The Bertz CT molecular complexity index is 696. The van der Waals surface area contributed by atoms with Crippen LogP contribution in [-0.4, -0.2) is 47.0 Å². The highest BCUT2D eigenvalue weighted by Gasteiger charge is 2.29. The molecule has 2 rings (SSSR count). The Labute approximate surface area is 125 Å². The summed E-state index contributed by atoms with van der Waals surface area (Å²) in [6, 6.07) is 5.34. The van der Waals surface area contributed by atoms with Gasteiger partial charge in [-0.25, -0.2) is 16.8 Å². The van der Waals surface area contributed by atoms with Crippen molar-refractivity contribution in [3.63, 3.8) is 0 Å². The second-order valence-electron chi connectivity index (χ2n) is 5.35. The summed E-state index contributed by atoms with van der Waals surface area (Å²) in [7, 11) is -6.91. The first-order valence-electron chi connectivity index (χ1n) is 6.75. The molecule has 118 valence electrons. The number of nitrogens with two attached hydrogens (primary N) is 1. The molecular weight excluding hydrogens is 312 g/mol. The lowest BCUT2D eigenvalue weighted by molar-refractivity contribution is 0.271. The van der Waals surface area contributed by atoms with Crippen molar-refractivity contribution in [3.8, 4) is 0 Å². The third kappa shape index (κ3) is 3.63. The van der Waals surface area contributed by atoms with Crippen LogP contribution in [0.25, 0.3) is 0 Å². The third-order valence-electron chi connectivity index (χ3n) is 3.70. The number of hydrogen-bond donors (Lipinski definition) is 1. The maximum Gasteiger partial charge on any atom is 0.243 e. The summed E-state index contributed by atoms with van der Waals surface area (Å²) in [6.45, 7) is 1.37. The molecule has 1 aliphatic heterocycles. The molecule has 0 aromatic heterocycles. The van der Waals surface area contributed by atoms with E-state index in [1.54, 1.807) is 0 Å². The molecule has 0 bridgehead atoms. The van der Waals surface area contributed by atoms with Gasteiger partial charge in [-0.2, -0.15) is 4.31 Å². The number of hydrogen-bond acceptors (Lipinski definition) is 5. The van der Waals surface area contributed by atoms with E-state index in [-0.39, 0.29) is 15.7 Å². The van der Waals surface area contributed by atoms with E-state index in [1.807, 2.05) is 0 Å². The van der Waals surface area contributed by atoms with Crippen LogP contribution in [0, 0.1) is 5.92 Å². The number of benzene rings is 1. The van der Waals surface area contributed by atoms with Crippen molar-refractivity contribution in [1.29, 1.82) is 0 Å². The summed E-state index contributed by atoms with van der Waals surface area (Å²) >= 11 is 0. The minimum Gasteiger partial charge on any atom is -0.330 e. The van der Waals surface area contributed by atoms with Crippen LogP contribution in [0.3, 0.4) is 0 Å². The van der Waals surface area contributed by atoms with Crippen LogP contribution in [0.1, 0.15) is 12.8 Å². The number of sulfonamides is 1. The summed E-state index contributed by atoms with van der Waals surface area (Å²) in [6.07, 6.45) is 2.82. The van der Waals surface area contributed by atoms with E-state index in [1.165, 1.54) is 28.6 Å². The molecule has 0 amide bonds. The SMILES string of the molecule is CS(=O)(=O)c1ccc(S(=O)(=O)N2CCCC(CN)C2)cc1. The van der Waals surface area contributed by atoms with Gasteiger partial charge in [-0.15, -0.1) is 0 Å². The molecule has 8 heteroatoms. The molecule has 1 heterocycles. The monoisotopic (exact) mass is 332 g/mol. The fourth-order valence-electron chi connectivity index (χ4n) is 2.45. The quantitative estimate of drug-likeness (QED) is 0.863. The summed E-state index contributed by atoms with van der Waals surface area (Å²) in [5, 5.41) is 0. The van der Waals surface area contributed by atoms with Crippen LogP contribution in [0.5, 0.6) is 0 Å². The fourth-order valence-corrected chi connectivity index (χ4v) is 4.63. The molecule has 1 fully saturated rings. The van der Waals surface area contributed by atoms with Gasteiger partial charge in [-0.1, -0.05) is 0 Å². The van der Waals surface area contributed by atoms with Crippen LogP contribution in [0.4, 0.5) is 0 Å². The van der Waals surface area contributed by atoms with Gasteiger partial charge in [-0.05, 0) is 49.6 Å². The van der Waals surface area contributed by atoms with E-state index in [2.05, 4.69) is 0 Å². The smallest absolute Gasteiger partial charge is 0.243 e. The van der Waals surface area contributed by atoms with E-state index >= 15 is 0 Å². The lowest BCUT2D eigenvalue weighted by Gasteiger charge is -2.31. The minimum absolute atomic E-state index is 0.111. The minimum atomic E-state index is -3.58. The zero-order valence-corrected chi connectivity index (χ0v) is 13.5. The zero-order chi connectivity index (χ0) is 15.7. The summed E-state index contributed by atoms with van der Waals surface area (Å²) in [4.78, 5) is 0.229. The molecule has 1 aromatic rings. The Morgan fingerprint density at radius 2 is 1.71 bits per heavy atom.